The SMILES string of the molecule is C.O=CC[C@H]1[C@@H]([N+](=O)[O-])[C@H](c2ccnc(Cl)c2F)[C@]2(C(=O)Nc3cc(Cl)ccc32)N1CC1CC1. The molecule has 2 fully saturated rings. The third kappa shape index (κ3) is 3.49. The summed E-state index contributed by atoms with van der Waals surface area (Å²) in [6, 6.07) is 3.78. The number of likely N-dealkylation sites (tertiary alicyclic amines) is 1. The molecule has 1 amide bonds. The van der Waals surface area contributed by atoms with Crippen molar-refractivity contribution in [2.45, 2.75) is 50.2 Å². The fraction of sp³-hybridized carbons (Fsp3) is 0.435. The van der Waals surface area contributed by atoms with Crippen molar-refractivity contribution in [3.05, 3.63) is 67.7 Å². The van der Waals surface area contributed by atoms with Crippen molar-refractivity contribution < 1.29 is 18.9 Å². The van der Waals surface area contributed by atoms with E-state index in [4.69, 9.17) is 23.2 Å². The van der Waals surface area contributed by atoms with Crippen molar-refractivity contribution in [3.8, 4) is 0 Å². The van der Waals surface area contributed by atoms with Gasteiger partial charge in [0.1, 0.15) is 11.8 Å². The van der Waals surface area contributed by atoms with E-state index in [1.165, 1.54) is 12.3 Å². The lowest BCUT2D eigenvalue weighted by Crippen LogP contribution is -2.52. The lowest BCUT2D eigenvalue weighted by atomic mass is 9.73. The van der Waals surface area contributed by atoms with E-state index in [9.17, 15) is 19.7 Å². The Hall–Kier alpha value is -2.62. The Morgan fingerprint density at radius 3 is 2.71 bits per heavy atom. The van der Waals surface area contributed by atoms with Crippen LogP contribution in [0.25, 0.3) is 0 Å². The maximum absolute atomic E-state index is 15.4. The van der Waals surface area contributed by atoms with Crippen LogP contribution in [0.5, 0.6) is 0 Å². The van der Waals surface area contributed by atoms with Crippen LogP contribution >= 0.6 is 23.2 Å². The number of rotatable bonds is 6. The number of fused-ring (bicyclic) bond motifs is 2. The number of hydrogen-bond donors (Lipinski definition) is 1. The molecule has 4 atom stereocenters. The number of anilines is 1. The maximum atomic E-state index is 15.4. The number of carbonyl (C=O) groups is 2. The average molecular weight is 509 g/mol. The predicted octanol–water partition coefficient (Wildman–Crippen LogP) is 4.42. The van der Waals surface area contributed by atoms with Crippen molar-refractivity contribution in [1.29, 1.82) is 0 Å². The van der Waals surface area contributed by atoms with Crippen LogP contribution in [0.4, 0.5) is 10.1 Å². The second-order valence-electron chi connectivity index (χ2n) is 8.73. The number of nitro groups is 1. The lowest BCUT2D eigenvalue weighted by molar-refractivity contribution is -0.528. The van der Waals surface area contributed by atoms with Crippen LogP contribution in [0.3, 0.4) is 0 Å². The van der Waals surface area contributed by atoms with Crippen LogP contribution in [-0.2, 0) is 15.1 Å². The Kier molecular flexibility index (Phi) is 6.39. The predicted molar refractivity (Wildman–Crippen MR) is 125 cm³/mol. The van der Waals surface area contributed by atoms with Crippen LogP contribution < -0.4 is 5.32 Å². The summed E-state index contributed by atoms with van der Waals surface area (Å²) in [6.07, 6.45) is 3.53. The highest BCUT2D eigenvalue weighted by molar-refractivity contribution is 6.31. The molecule has 180 valence electrons. The number of nitrogens with zero attached hydrogens (tertiary/aromatic N) is 3. The zero-order chi connectivity index (χ0) is 23.5. The van der Waals surface area contributed by atoms with Gasteiger partial charge in [0.2, 0.25) is 6.04 Å². The van der Waals surface area contributed by atoms with Crippen molar-refractivity contribution in [2.75, 3.05) is 11.9 Å². The van der Waals surface area contributed by atoms with E-state index in [2.05, 4.69) is 10.3 Å². The fourth-order valence-corrected chi connectivity index (χ4v) is 5.88. The largest absolute Gasteiger partial charge is 0.324 e. The number of hydrogen-bond acceptors (Lipinski definition) is 6. The minimum absolute atomic E-state index is 0. The van der Waals surface area contributed by atoms with Crippen LogP contribution in [0.2, 0.25) is 10.2 Å². The first kappa shape index (κ1) is 24.5. The summed E-state index contributed by atoms with van der Waals surface area (Å²) >= 11 is 12.1. The van der Waals surface area contributed by atoms with Gasteiger partial charge in [0.15, 0.2) is 11.0 Å². The van der Waals surface area contributed by atoms with Gasteiger partial charge in [-0.2, -0.15) is 0 Å². The highest BCUT2D eigenvalue weighted by atomic mass is 35.5. The molecule has 1 aromatic heterocycles. The summed E-state index contributed by atoms with van der Waals surface area (Å²) in [5, 5.41) is 15.2. The molecular formula is C23H23Cl2FN4O4. The third-order valence-corrected chi connectivity index (χ3v) is 7.47. The van der Waals surface area contributed by atoms with Gasteiger partial charge in [-0.25, -0.2) is 9.37 Å². The normalized spacial score (nSPS) is 27.9. The highest BCUT2D eigenvalue weighted by Crippen LogP contribution is 2.59. The monoisotopic (exact) mass is 508 g/mol. The van der Waals surface area contributed by atoms with Crippen molar-refractivity contribution in [3.63, 3.8) is 0 Å². The molecule has 1 saturated carbocycles. The number of aromatic nitrogens is 1. The van der Waals surface area contributed by atoms with Crippen LogP contribution in [0.1, 0.15) is 43.7 Å². The third-order valence-electron chi connectivity index (χ3n) is 6.97. The molecule has 1 aliphatic carbocycles. The first-order valence-corrected chi connectivity index (χ1v) is 11.3. The zero-order valence-corrected chi connectivity index (χ0v) is 18.7. The van der Waals surface area contributed by atoms with E-state index in [0.29, 0.717) is 29.1 Å². The smallest absolute Gasteiger partial charge is 0.250 e. The van der Waals surface area contributed by atoms with E-state index < -0.39 is 45.3 Å². The molecule has 11 heteroatoms. The lowest BCUT2D eigenvalue weighted by Gasteiger charge is -2.38. The molecule has 1 saturated heterocycles. The molecule has 0 radical (unpaired) electrons. The molecule has 1 N–H and O–H groups in total. The van der Waals surface area contributed by atoms with E-state index in [0.717, 1.165) is 12.8 Å². The molecule has 8 nitrogen and oxygen atoms in total. The highest BCUT2D eigenvalue weighted by Gasteiger charge is 2.71. The summed E-state index contributed by atoms with van der Waals surface area (Å²) in [7, 11) is 0. The first-order valence-electron chi connectivity index (χ1n) is 10.6. The molecule has 5 rings (SSSR count). The topological polar surface area (TPSA) is 105 Å². The van der Waals surface area contributed by atoms with E-state index in [1.807, 2.05) is 0 Å². The van der Waals surface area contributed by atoms with E-state index in [1.54, 1.807) is 23.1 Å². The Morgan fingerprint density at radius 1 is 1.32 bits per heavy atom. The number of pyridine rings is 1. The fourth-order valence-electron chi connectivity index (χ4n) is 5.55. The Labute approximate surface area is 205 Å². The zero-order valence-electron chi connectivity index (χ0n) is 17.2. The number of benzene rings is 1. The second-order valence-corrected chi connectivity index (χ2v) is 9.53. The quantitative estimate of drug-likeness (QED) is 0.268. The summed E-state index contributed by atoms with van der Waals surface area (Å²) in [4.78, 5) is 42.9. The molecule has 0 unspecified atom stereocenters. The van der Waals surface area contributed by atoms with Gasteiger partial charge in [0.05, 0.1) is 12.0 Å². The summed E-state index contributed by atoms with van der Waals surface area (Å²) in [6.45, 7) is 0.370. The van der Waals surface area contributed by atoms with Crippen LogP contribution in [0.15, 0.2) is 30.5 Å². The number of amides is 1. The molecule has 34 heavy (non-hydrogen) atoms. The maximum Gasteiger partial charge on any atom is 0.250 e. The van der Waals surface area contributed by atoms with Gasteiger partial charge in [0, 0.05) is 45.9 Å². The van der Waals surface area contributed by atoms with Crippen molar-refractivity contribution in [2.24, 2.45) is 5.92 Å². The molecule has 3 heterocycles. The minimum Gasteiger partial charge on any atom is -0.324 e. The standard InChI is InChI=1S/C22H19Cl2FN4O4.CH4/c23-12-3-4-14-15(9-12)27-21(31)22(14)17(13-5-7-26-20(24)18(13)25)19(29(32)33)16(6-8-30)28(22)10-11-1-2-11;/h3-5,7-9,11,16-17,19H,1-2,6,10H2,(H,27,31);1H4/t16-,17-,19+,22+;/m0./s1. The van der Waals surface area contributed by atoms with Gasteiger partial charge in [-0.15, -0.1) is 0 Å². The molecule has 1 aromatic carbocycles. The molecular weight excluding hydrogens is 486 g/mol. The van der Waals surface area contributed by atoms with E-state index in [-0.39, 0.29) is 25.3 Å². The summed E-state index contributed by atoms with van der Waals surface area (Å²) in [5.74, 6) is -2.45. The molecule has 2 aromatic rings. The van der Waals surface area contributed by atoms with Gasteiger partial charge < -0.3 is 10.1 Å². The summed E-state index contributed by atoms with van der Waals surface area (Å²) in [5.41, 5.74) is -0.814. The van der Waals surface area contributed by atoms with Crippen molar-refractivity contribution in [1.82, 2.24) is 9.88 Å². The van der Waals surface area contributed by atoms with Gasteiger partial charge in [0.25, 0.3) is 5.91 Å². The Morgan fingerprint density at radius 2 is 2.06 bits per heavy atom. The molecule has 3 aliphatic rings. The number of nitrogens with one attached hydrogen (secondary N) is 1. The number of halogens is 3. The van der Waals surface area contributed by atoms with Gasteiger partial charge in [-0.1, -0.05) is 36.7 Å². The van der Waals surface area contributed by atoms with E-state index >= 15 is 4.39 Å². The Balaban J connectivity index is 0.00000274. The number of aldehydes is 1. The second kappa shape index (κ2) is 8.87. The van der Waals surface area contributed by atoms with Gasteiger partial charge in [-0.3, -0.25) is 19.8 Å². The minimum atomic E-state index is -1.61. The molecule has 2 aliphatic heterocycles. The van der Waals surface area contributed by atoms with Crippen LogP contribution in [0, 0.1) is 21.8 Å². The Bertz CT molecular complexity index is 1180. The van der Waals surface area contributed by atoms with Crippen LogP contribution in [-0.4, -0.2) is 45.6 Å². The molecule has 1 spiro atoms. The average Bonchev–Trinajstić information content (AvgIpc) is 3.48. The molecule has 0 bridgehead atoms. The van der Waals surface area contributed by atoms with Crippen molar-refractivity contribution >= 4 is 41.1 Å². The first-order chi connectivity index (χ1) is 15.8. The number of carbonyl (C=O) groups excluding carboxylic acids is 2. The van der Waals surface area contributed by atoms with Gasteiger partial charge >= 0.3 is 0 Å². The summed E-state index contributed by atoms with van der Waals surface area (Å²) < 4.78 is 15.4. The van der Waals surface area contributed by atoms with Gasteiger partial charge in [-0.05, 0) is 37.0 Å².